The van der Waals surface area contributed by atoms with E-state index in [4.69, 9.17) is 5.73 Å². The summed E-state index contributed by atoms with van der Waals surface area (Å²) in [6.07, 6.45) is 1.40. The largest absolute Gasteiger partial charge is 0.481 e. The van der Waals surface area contributed by atoms with E-state index in [-0.39, 0.29) is 18.9 Å². The predicted octanol–water partition coefficient (Wildman–Crippen LogP) is 4.84. The fourth-order valence-corrected chi connectivity index (χ4v) is 5.66. The summed E-state index contributed by atoms with van der Waals surface area (Å²) in [5, 5.41) is 13.6. The highest BCUT2D eigenvalue weighted by molar-refractivity contribution is 14.1. The van der Waals surface area contributed by atoms with Gasteiger partial charge in [-0.25, -0.2) is 8.78 Å². The Morgan fingerprint density at radius 3 is 2.37 bits per heavy atom. The van der Waals surface area contributed by atoms with Crippen LogP contribution in [0.3, 0.4) is 0 Å². The first-order valence-electron chi connectivity index (χ1n) is 12.5. The van der Waals surface area contributed by atoms with E-state index in [2.05, 4.69) is 27.9 Å². The number of anilines is 1. The molecule has 6 nitrogen and oxygen atoms in total. The minimum Gasteiger partial charge on any atom is -0.481 e. The number of nitrogens with one attached hydrogen (secondary N) is 1. The smallest absolute Gasteiger partial charge is 0.311 e. The number of carbonyl (C=O) groups excluding carboxylic acids is 1. The van der Waals surface area contributed by atoms with Crippen LogP contribution in [0.5, 0.6) is 0 Å². The molecule has 4 rings (SSSR count). The Kier molecular flexibility index (Phi) is 9.45. The predicted molar refractivity (Wildman–Crippen MR) is 151 cm³/mol. The Bertz CT molecular complexity index is 1270. The van der Waals surface area contributed by atoms with Gasteiger partial charge in [0.2, 0.25) is 5.91 Å². The number of nitrogens with two attached hydrogens (primary N) is 1. The number of carbonyl (C=O) groups is 2. The summed E-state index contributed by atoms with van der Waals surface area (Å²) in [6.45, 7) is 1.42. The normalized spacial score (nSPS) is 15.9. The maximum atomic E-state index is 13.8. The summed E-state index contributed by atoms with van der Waals surface area (Å²) >= 11 is 2.23. The van der Waals surface area contributed by atoms with Crippen molar-refractivity contribution >= 4 is 40.2 Å². The quantitative estimate of drug-likeness (QED) is 0.263. The lowest BCUT2D eigenvalue weighted by Crippen LogP contribution is -2.44. The van der Waals surface area contributed by atoms with Gasteiger partial charge in [0.1, 0.15) is 11.6 Å². The molecule has 4 N–H and O–H groups in total. The van der Waals surface area contributed by atoms with Crippen LogP contribution in [-0.2, 0) is 22.6 Å². The van der Waals surface area contributed by atoms with Crippen LogP contribution >= 0.6 is 22.6 Å². The van der Waals surface area contributed by atoms with Gasteiger partial charge < -0.3 is 21.1 Å². The lowest BCUT2D eigenvalue weighted by Gasteiger charge is -2.30. The molecule has 1 fully saturated rings. The first-order chi connectivity index (χ1) is 18.2. The van der Waals surface area contributed by atoms with Gasteiger partial charge in [-0.2, -0.15) is 0 Å². The van der Waals surface area contributed by atoms with Crippen LogP contribution in [0.2, 0.25) is 0 Å². The van der Waals surface area contributed by atoms with Gasteiger partial charge in [0.25, 0.3) is 0 Å². The van der Waals surface area contributed by atoms with Gasteiger partial charge in [0.15, 0.2) is 0 Å². The van der Waals surface area contributed by atoms with E-state index in [9.17, 15) is 23.5 Å². The molecule has 3 atom stereocenters. The molecule has 1 aliphatic rings. The van der Waals surface area contributed by atoms with E-state index in [1.165, 1.54) is 12.1 Å². The number of halogens is 3. The molecule has 0 spiro atoms. The number of amides is 1. The Morgan fingerprint density at radius 1 is 1.05 bits per heavy atom. The maximum absolute atomic E-state index is 13.8. The molecule has 3 aromatic rings. The van der Waals surface area contributed by atoms with Gasteiger partial charge in [0, 0.05) is 53.3 Å². The van der Waals surface area contributed by atoms with Crippen molar-refractivity contribution < 1.29 is 23.5 Å². The van der Waals surface area contributed by atoms with Crippen LogP contribution < -0.4 is 16.0 Å². The Hall–Kier alpha value is -2.89. The van der Waals surface area contributed by atoms with Gasteiger partial charge >= 0.3 is 5.97 Å². The Labute approximate surface area is 234 Å². The molecule has 3 aromatic carbocycles. The van der Waals surface area contributed by atoms with Crippen molar-refractivity contribution in [2.24, 2.45) is 11.7 Å². The van der Waals surface area contributed by atoms with Crippen LogP contribution in [0, 0.1) is 21.1 Å². The molecule has 200 valence electrons. The molecule has 1 saturated heterocycles. The third-order valence-corrected chi connectivity index (χ3v) is 7.54. The van der Waals surface area contributed by atoms with Crippen molar-refractivity contribution in [1.29, 1.82) is 0 Å². The summed E-state index contributed by atoms with van der Waals surface area (Å²) in [6, 6.07) is 17.4. The third-order valence-electron chi connectivity index (χ3n) is 6.87. The molecule has 0 radical (unpaired) electrons. The second kappa shape index (κ2) is 12.8. The minimum atomic E-state index is -1.04. The van der Waals surface area contributed by atoms with Gasteiger partial charge in [0.05, 0.1) is 5.92 Å². The average Bonchev–Trinajstić information content (AvgIpc) is 3.28. The van der Waals surface area contributed by atoms with Crippen LogP contribution in [0.4, 0.5) is 14.5 Å². The lowest BCUT2D eigenvalue weighted by atomic mass is 9.79. The van der Waals surface area contributed by atoms with Crippen molar-refractivity contribution in [2.75, 3.05) is 18.0 Å². The monoisotopic (exact) mass is 633 g/mol. The van der Waals surface area contributed by atoms with E-state index in [0.29, 0.717) is 30.6 Å². The van der Waals surface area contributed by atoms with Crippen molar-refractivity contribution in [3.63, 3.8) is 0 Å². The summed E-state index contributed by atoms with van der Waals surface area (Å²) in [7, 11) is 0. The number of hydrogen-bond donors (Lipinski definition) is 3. The van der Waals surface area contributed by atoms with E-state index < -0.39 is 35.5 Å². The summed E-state index contributed by atoms with van der Waals surface area (Å²) in [5.41, 5.74) is 9.27. The first-order valence-corrected chi connectivity index (χ1v) is 13.6. The van der Waals surface area contributed by atoms with Gasteiger partial charge in [-0.15, -0.1) is 0 Å². The zero-order valence-corrected chi connectivity index (χ0v) is 22.9. The maximum Gasteiger partial charge on any atom is 0.311 e. The van der Waals surface area contributed by atoms with Crippen LogP contribution in [0.25, 0.3) is 0 Å². The Balaban J connectivity index is 1.59. The molecule has 0 saturated carbocycles. The standard InChI is InChI=1S/C29H30F2IN3O3/c30-21-11-19(12-22(31)15-21)14-26(33)25(17-34-16-18-3-1-4-23(32)13-18)28(29(37)38)20-6-8-24(9-7-20)35-10-2-5-27(35)36/h1,3-4,6-9,11-13,15,25-26,28,34H,2,5,10,14,16-17,33H2,(H,37,38)/t25-,26+,28?/m1/s1. The molecule has 1 amide bonds. The number of aliphatic carboxylic acids is 1. The molecule has 0 aromatic heterocycles. The molecule has 0 bridgehead atoms. The molecule has 38 heavy (non-hydrogen) atoms. The molecule has 1 heterocycles. The van der Waals surface area contributed by atoms with Gasteiger partial charge in [-0.3, -0.25) is 9.59 Å². The minimum absolute atomic E-state index is 0.0505. The Morgan fingerprint density at radius 2 is 1.76 bits per heavy atom. The van der Waals surface area contributed by atoms with Gasteiger partial charge in [-0.05, 0) is 88.5 Å². The molecule has 0 aliphatic carbocycles. The first kappa shape index (κ1) is 28.1. The van der Waals surface area contributed by atoms with Crippen LogP contribution in [0.1, 0.15) is 35.4 Å². The van der Waals surface area contributed by atoms with E-state index >= 15 is 0 Å². The highest BCUT2D eigenvalue weighted by Gasteiger charge is 2.34. The fraction of sp³-hybridized carbons (Fsp3) is 0.310. The SMILES string of the molecule is N[C@@H](Cc1cc(F)cc(F)c1)[C@@H](CNCc1cccc(I)c1)C(C(=O)O)c1ccc(N2CCCC2=O)cc1. The van der Waals surface area contributed by atoms with Crippen molar-refractivity contribution in [2.45, 2.75) is 37.8 Å². The third kappa shape index (κ3) is 7.15. The molecule has 9 heteroatoms. The second-order valence-corrected chi connectivity index (χ2v) is 10.9. The lowest BCUT2D eigenvalue weighted by molar-refractivity contribution is -0.140. The number of rotatable bonds is 11. The number of nitrogens with zero attached hydrogens (tertiary/aromatic N) is 1. The number of hydrogen-bond acceptors (Lipinski definition) is 4. The summed E-state index contributed by atoms with van der Waals surface area (Å²) in [4.78, 5) is 26.4. The topological polar surface area (TPSA) is 95.7 Å². The highest BCUT2D eigenvalue weighted by atomic mass is 127. The number of carboxylic acid groups (broad SMARTS) is 1. The number of carboxylic acids is 1. The molecular weight excluding hydrogens is 603 g/mol. The van der Waals surface area contributed by atoms with Crippen molar-refractivity contribution in [1.82, 2.24) is 5.32 Å². The zero-order chi connectivity index (χ0) is 27.2. The van der Waals surface area contributed by atoms with Crippen LogP contribution in [-0.4, -0.2) is 36.1 Å². The van der Waals surface area contributed by atoms with E-state index in [0.717, 1.165) is 27.3 Å². The summed E-state index contributed by atoms with van der Waals surface area (Å²) in [5.74, 6) is -3.98. The van der Waals surface area contributed by atoms with E-state index in [1.807, 2.05) is 24.3 Å². The van der Waals surface area contributed by atoms with Gasteiger partial charge in [-0.1, -0.05) is 24.3 Å². The summed E-state index contributed by atoms with van der Waals surface area (Å²) < 4.78 is 28.8. The average molecular weight is 633 g/mol. The van der Waals surface area contributed by atoms with E-state index in [1.54, 1.807) is 29.2 Å². The molecule has 1 unspecified atom stereocenters. The second-order valence-electron chi connectivity index (χ2n) is 9.63. The molecular formula is C29H30F2IN3O3. The van der Waals surface area contributed by atoms with Crippen LogP contribution in [0.15, 0.2) is 66.7 Å². The highest BCUT2D eigenvalue weighted by Crippen LogP contribution is 2.31. The van der Waals surface area contributed by atoms with Crippen molar-refractivity contribution in [3.05, 3.63) is 98.6 Å². The zero-order valence-electron chi connectivity index (χ0n) is 20.7. The van der Waals surface area contributed by atoms with Crippen molar-refractivity contribution in [3.8, 4) is 0 Å². The molecule has 1 aliphatic heterocycles. The number of benzene rings is 3. The fourth-order valence-electron chi connectivity index (χ4n) is 5.05.